The van der Waals surface area contributed by atoms with Crippen molar-refractivity contribution in [2.75, 3.05) is 0 Å². The first-order valence-electron chi connectivity index (χ1n) is 0.667. The Bertz CT molecular complexity index is 94.9. The third-order valence-corrected chi connectivity index (χ3v) is 0. The third-order valence-electron chi connectivity index (χ3n) is 0. The summed E-state index contributed by atoms with van der Waals surface area (Å²) in [4.78, 5) is 0. The zero-order valence-corrected chi connectivity index (χ0v) is 9.21. The van der Waals surface area contributed by atoms with Crippen LogP contribution in [0.5, 0.6) is 0 Å². The van der Waals surface area contributed by atoms with E-state index >= 15 is 0 Å². The molecule has 0 saturated heterocycles. The molecule has 0 unspecified atom stereocenters. The van der Waals surface area contributed by atoms with Crippen LogP contribution >= 0.6 is 0 Å². The van der Waals surface area contributed by atoms with Crippen LogP contribution < -0.4 is 29.6 Å². The Morgan fingerprint density at radius 2 is 1.14 bits per heavy atom. The molecule has 4 nitrogen and oxygen atoms in total. The molecule has 0 fully saturated rings. The fraction of sp³-hybridized carbons (Fsp3) is 0. The molecule has 0 aromatic carbocycles. The molecule has 0 aliphatic carbocycles. The van der Waals surface area contributed by atoms with Gasteiger partial charge in [0.15, 0.2) is 0 Å². The molecular weight excluding hydrogens is 238 g/mol. The van der Waals surface area contributed by atoms with Crippen molar-refractivity contribution in [2.45, 2.75) is 0 Å². The van der Waals surface area contributed by atoms with E-state index in [-0.39, 0.29) is 53.5 Å². The normalized spacial score (nSPS) is 8.29. The molecule has 0 atom stereocenters. The van der Waals surface area contributed by atoms with Crippen LogP contribution in [0, 0.1) is 0 Å². The SMILES string of the molecule is O=S(=O)([O-])[O-].[Na+].[Sn+4]. The van der Waals surface area contributed by atoms with Gasteiger partial charge in [-0.1, -0.05) is 0 Å². The maximum absolute atomic E-state index is 8.52. The summed E-state index contributed by atoms with van der Waals surface area (Å²) >= 11 is 0. The second kappa shape index (κ2) is 5.80. The van der Waals surface area contributed by atoms with Crippen LogP contribution in [-0.4, -0.2) is 41.4 Å². The fourth-order valence-corrected chi connectivity index (χ4v) is 0. The van der Waals surface area contributed by atoms with E-state index in [0.717, 1.165) is 0 Å². The van der Waals surface area contributed by atoms with E-state index in [4.69, 9.17) is 17.5 Å². The average molecular weight is 238 g/mol. The van der Waals surface area contributed by atoms with E-state index in [1.807, 2.05) is 0 Å². The van der Waals surface area contributed by atoms with Crippen LogP contribution in [0.1, 0.15) is 0 Å². The Morgan fingerprint density at radius 1 is 1.14 bits per heavy atom. The van der Waals surface area contributed by atoms with Gasteiger partial charge in [0, 0.05) is 10.4 Å². The summed E-state index contributed by atoms with van der Waals surface area (Å²) in [6.45, 7) is 0. The van der Waals surface area contributed by atoms with E-state index < -0.39 is 10.4 Å². The molecule has 32 valence electrons. The van der Waals surface area contributed by atoms with E-state index in [1.165, 1.54) is 0 Å². The van der Waals surface area contributed by atoms with Crippen LogP contribution in [0.4, 0.5) is 0 Å². The van der Waals surface area contributed by atoms with Gasteiger partial charge < -0.3 is 9.11 Å². The Kier molecular flexibility index (Phi) is 13.1. The zero-order chi connectivity index (χ0) is 4.50. The van der Waals surface area contributed by atoms with Crippen LogP contribution in [0.3, 0.4) is 0 Å². The standard InChI is InChI=1S/Na.H2O4S.Sn/c;1-5(2,3)4;/h;(H2,1,2,3,4);/q+1;;+4/p-2. The van der Waals surface area contributed by atoms with Crippen molar-refractivity contribution in [1.29, 1.82) is 0 Å². The van der Waals surface area contributed by atoms with E-state index in [0.29, 0.717) is 0 Å². The molecule has 0 amide bonds. The molecule has 0 bridgehead atoms. The first kappa shape index (κ1) is 15.9. The van der Waals surface area contributed by atoms with Gasteiger partial charge in [0.25, 0.3) is 0 Å². The summed E-state index contributed by atoms with van der Waals surface area (Å²) in [7, 11) is -5.17. The molecule has 0 rings (SSSR count). The van der Waals surface area contributed by atoms with Gasteiger partial charge in [0.05, 0.1) is 0 Å². The van der Waals surface area contributed by atoms with Crippen molar-refractivity contribution in [2.24, 2.45) is 0 Å². The van der Waals surface area contributed by atoms with Gasteiger partial charge in [-0.3, -0.25) is 8.42 Å². The minimum Gasteiger partial charge on any atom is -0.759 e. The first-order valence-corrected chi connectivity index (χ1v) is 2.00. The van der Waals surface area contributed by atoms with Gasteiger partial charge in [-0.2, -0.15) is 0 Å². The van der Waals surface area contributed by atoms with Gasteiger partial charge in [0.1, 0.15) is 0 Å². The van der Waals surface area contributed by atoms with Gasteiger partial charge in [-0.05, 0) is 0 Å². The van der Waals surface area contributed by atoms with Gasteiger partial charge >= 0.3 is 53.5 Å². The second-order valence-corrected chi connectivity index (χ2v) is 1.22. The maximum atomic E-state index is 8.52. The van der Waals surface area contributed by atoms with Crippen LogP contribution in [0.2, 0.25) is 0 Å². The molecule has 0 radical (unpaired) electrons. The second-order valence-electron chi connectivity index (χ2n) is 0.408. The summed E-state index contributed by atoms with van der Waals surface area (Å²) in [6, 6.07) is 0. The molecule has 0 aliphatic heterocycles. The summed E-state index contributed by atoms with van der Waals surface area (Å²) < 4.78 is 34.1. The molecule has 0 spiro atoms. The van der Waals surface area contributed by atoms with Crippen molar-refractivity contribution < 1.29 is 47.1 Å². The van der Waals surface area contributed by atoms with E-state index in [9.17, 15) is 0 Å². The molecule has 0 N–H and O–H groups in total. The minimum absolute atomic E-state index is 0. The monoisotopic (exact) mass is 239 g/mol. The van der Waals surface area contributed by atoms with Crippen LogP contribution in [0.25, 0.3) is 0 Å². The Balaban J connectivity index is -0.0000000800. The van der Waals surface area contributed by atoms with Crippen molar-refractivity contribution >= 4 is 34.3 Å². The van der Waals surface area contributed by atoms with Gasteiger partial charge in [0.2, 0.25) is 0 Å². The predicted molar refractivity (Wildman–Crippen MR) is 16.2 cm³/mol. The Morgan fingerprint density at radius 3 is 1.14 bits per heavy atom. The van der Waals surface area contributed by atoms with Gasteiger partial charge in [-0.15, -0.1) is 0 Å². The quantitative estimate of drug-likeness (QED) is 0.241. The predicted octanol–water partition coefficient (Wildman–Crippen LogP) is -4.71. The molecule has 7 heteroatoms. The molecule has 0 saturated carbocycles. The maximum Gasteiger partial charge on any atom is 4.00 e. The molecule has 0 aromatic rings. The largest absolute Gasteiger partial charge is 4.00 e. The Hall–Kier alpha value is 1.67. The number of rotatable bonds is 0. The van der Waals surface area contributed by atoms with Crippen molar-refractivity contribution in [3.8, 4) is 0 Å². The fourth-order valence-electron chi connectivity index (χ4n) is 0. The topological polar surface area (TPSA) is 80.3 Å². The molecule has 0 aliphatic rings. The average Bonchev–Trinajstić information content (AvgIpc) is 0.722. The summed E-state index contributed by atoms with van der Waals surface area (Å²) in [5, 5.41) is 0. The number of hydrogen-bond acceptors (Lipinski definition) is 4. The minimum atomic E-state index is -5.17. The first-order chi connectivity index (χ1) is 2.00. The molecular formula is NaO4SSn+3. The molecule has 0 aromatic heterocycles. The smallest absolute Gasteiger partial charge is 0.759 e. The summed E-state index contributed by atoms with van der Waals surface area (Å²) in [5.74, 6) is 0. The zero-order valence-electron chi connectivity index (χ0n) is 3.54. The summed E-state index contributed by atoms with van der Waals surface area (Å²) in [5.41, 5.74) is 0. The number of hydrogen-bond donors (Lipinski definition) is 0. The van der Waals surface area contributed by atoms with Crippen molar-refractivity contribution in [3.05, 3.63) is 0 Å². The van der Waals surface area contributed by atoms with Gasteiger partial charge in [-0.25, -0.2) is 0 Å². The van der Waals surface area contributed by atoms with Crippen LogP contribution in [-0.2, 0) is 10.4 Å². The van der Waals surface area contributed by atoms with Crippen LogP contribution in [0.15, 0.2) is 0 Å². The molecule has 0 heterocycles. The third kappa shape index (κ3) is 88.5. The van der Waals surface area contributed by atoms with E-state index in [1.54, 1.807) is 0 Å². The molecule has 7 heavy (non-hydrogen) atoms. The van der Waals surface area contributed by atoms with Crippen molar-refractivity contribution in [1.82, 2.24) is 0 Å². The van der Waals surface area contributed by atoms with Crippen molar-refractivity contribution in [3.63, 3.8) is 0 Å². The summed E-state index contributed by atoms with van der Waals surface area (Å²) in [6.07, 6.45) is 0. The van der Waals surface area contributed by atoms with E-state index in [2.05, 4.69) is 0 Å². The Labute approximate surface area is 80.5 Å².